The summed E-state index contributed by atoms with van der Waals surface area (Å²) in [6.45, 7) is 5.35. The van der Waals surface area contributed by atoms with Gasteiger partial charge in [0.15, 0.2) is 0 Å². The van der Waals surface area contributed by atoms with Crippen LogP contribution in [0, 0.1) is 17.3 Å². The van der Waals surface area contributed by atoms with Gasteiger partial charge in [-0.2, -0.15) is 0 Å². The van der Waals surface area contributed by atoms with E-state index < -0.39 is 0 Å². The highest BCUT2D eigenvalue weighted by atomic mass is 32.2. The molecule has 2 N–H and O–H groups in total. The Morgan fingerprint density at radius 1 is 1.15 bits per heavy atom. The second-order valence-corrected chi connectivity index (χ2v) is 12.5. The van der Waals surface area contributed by atoms with Crippen molar-refractivity contribution in [2.45, 2.75) is 102 Å². The summed E-state index contributed by atoms with van der Waals surface area (Å²) in [5.41, 5.74) is 2.94. The first-order valence-corrected chi connectivity index (χ1v) is 14.7. The molecule has 1 aromatic carbocycles. The third kappa shape index (κ3) is 5.31. The summed E-state index contributed by atoms with van der Waals surface area (Å²) in [5.74, 6) is 3.66. The monoisotopic (exact) mass is 487 g/mol. The summed E-state index contributed by atoms with van der Waals surface area (Å²) in [6.07, 6.45) is 12.2. The molecule has 0 radical (unpaired) electrons. The molecule has 34 heavy (non-hydrogen) atoms. The van der Waals surface area contributed by atoms with E-state index in [0.717, 1.165) is 70.1 Å². The van der Waals surface area contributed by atoms with Crippen molar-refractivity contribution in [3.8, 4) is 5.75 Å². The zero-order valence-corrected chi connectivity index (χ0v) is 22.3. The summed E-state index contributed by atoms with van der Waals surface area (Å²) in [4.78, 5) is 14.1. The molecule has 6 atom stereocenters. The molecule has 0 aromatic heterocycles. The van der Waals surface area contributed by atoms with E-state index in [1.165, 1.54) is 35.7 Å². The minimum Gasteiger partial charge on any atom is -0.508 e. The lowest BCUT2D eigenvalue weighted by Crippen LogP contribution is -2.44. The van der Waals surface area contributed by atoms with Crippen molar-refractivity contribution in [3.63, 3.8) is 0 Å². The molecule has 0 saturated heterocycles. The quantitative estimate of drug-likeness (QED) is 0.359. The van der Waals surface area contributed by atoms with Gasteiger partial charge in [0.25, 0.3) is 5.24 Å². The van der Waals surface area contributed by atoms with Gasteiger partial charge < -0.3 is 15.1 Å². The third-order valence-corrected chi connectivity index (χ3v) is 10.5. The van der Waals surface area contributed by atoms with E-state index in [0.29, 0.717) is 29.4 Å². The van der Waals surface area contributed by atoms with Crippen molar-refractivity contribution in [2.75, 3.05) is 19.3 Å². The van der Waals surface area contributed by atoms with Gasteiger partial charge in [-0.25, -0.2) is 0 Å². The van der Waals surface area contributed by atoms with E-state index >= 15 is 0 Å². The lowest BCUT2D eigenvalue weighted by atomic mass is 9.53. The zero-order valence-electron chi connectivity index (χ0n) is 21.5. The Labute approximate surface area is 210 Å². The predicted molar refractivity (Wildman–Crippen MR) is 142 cm³/mol. The number of aliphatic hydroxyl groups is 1. The number of hydrogen-bond acceptors (Lipinski definition) is 4. The van der Waals surface area contributed by atoms with E-state index in [9.17, 15) is 15.0 Å². The molecule has 1 aromatic rings. The van der Waals surface area contributed by atoms with Gasteiger partial charge in [-0.3, -0.25) is 4.79 Å². The number of aromatic hydroxyl groups is 1. The van der Waals surface area contributed by atoms with Gasteiger partial charge >= 0.3 is 0 Å². The van der Waals surface area contributed by atoms with Crippen LogP contribution in [-0.2, 0) is 0 Å². The third-order valence-electron chi connectivity index (χ3n) is 9.43. The van der Waals surface area contributed by atoms with Crippen LogP contribution in [-0.4, -0.2) is 45.8 Å². The molecule has 3 aliphatic carbocycles. The summed E-state index contributed by atoms with van der Waals surface area (Å²) in [7, 11) is 1.91. The number of fused-ring (bicyclic) bond motifs is 5. The molecule has 0 heterocycles. The molecule has 3 unspecified atom stereocenters. The first kappa shape index (κ1) is 25.9. The van der Waals surface area contributed by atoms with Crippen LogP contribution < -0.4 is 0 Å². The van der Waals surface area contributed by atoms with Crippen LogP contribution in [0.4, 0.5) is 4.79 Å². The fourth-order valence-electron chi connectivity index (χ4n) is 7.38. The van der Waals surface area contributed by atoms with Crippen molar-refractivity contribution in [3.05, 3.63) is 29.3 Å². The molecule has 3 aliphatic rings. The first-order chi connectivity index (χ1) is 16.3. The minimum absolute atomic E-state index is 0.0915. The SMILES string of the molecule is CCCCN(C)C(=O)SCCCCC[C@@H]1CC2C(CC[C@@]3(C)C2CC[C@@H]3O)c2ccc(O)cc21. The number of rotatable bonds is 9. The number of carbonyl (C=O) groups excluding carboxylic acids is 1. The smallest absolute Gasteiger partial charge is 0.281 e. The van der Waals surface area contributed by atoms with Gasteiger partial charge in [0.2, 0.25) is 0 Å². The first-order valence-electron chi connectivity index (χ1n) is 13.7. The van der Waals surface area contributed by atoms with Crippen LogP contribution in [0.1, 0.15) is 107 Å². The van der Waals surface area contributed by atoms with Crippen molar-refractivity contribution in [1.29, 1.82) is 0 Å². The number of carbonyl (C=O) groups is 1. The second-order valence-electron chi connectivity index (χ2n) is 11.5. The number of hydrogen-bond donors (Lipinski definition) is 2. The van der Waals surface area contributed by atoms with E-state index in [1.807, 2.05) is 24.1 Å². The molecular formula is C29H45NO3S. The van der Waals surface area contributed by atoms with Crippen LogP contribution in [0.2, 0.25) is 0 Å². The molecule has 0 aliphatic heterocycles. The highest BCUT2D eigenvalue weighted by Gasteiger charge is 2.55. The van der Waals surface area contributed by atoms with Crippen LogP contribution in [0.15, 0.2) is 18.2 Å². The maximum absolute atomic E-state index is 12.2. The van der Waals surface area contributed by atoms with Crippen LogP contribution in [0.25, 0.3) is 0 Å². The standard InChI is InChI=1S/C29H45NO3S/c1-4-5-16-30(3)28(33)34-17-8-6-7-9-20-18-25-23(22-11-10-21(31)19-24(20)22)14-15-29(2)26(25)12-13-27(29)32/h10-11,19-20,23,25-27,31-32H,4-9,12-18H2,1-3H3/t20-,23?,25?,26?,27+,29+/m1/s1. The Morgan fingerprint density at radius 3 is 2.76 bits per heavy atom. The summed E-state index contributed by atoms with van der Waals surface area (Å²) in [5, 5.41) is 21.2. The number of amides is 1. The van der Waals surface area contributed by atoms with Gasteiger partial charge in [-0.05, 0) is 104 Å². The Bertz CT molecular complexity index is 845. The van der Waals surface area contributed by atoms with Crippen LogP contribution >= 0.6 is 11.8 Å². The highest BCUT2D eigenvalue weighted by Crippen LogP contribution is 2.62. The molecule has 2 saturated carbocycles. The lowest BCUT2D eigenvalue weighted by Gasteiger charge is -2.51. The molecule has 2 fully saturated rings. The average Bonchev–Trinajstić information content (AvgIpc) is 3.13. The minimum atomic E-state index is -0.139. The fourth-order valence-corrected chi connectivity index (χ4v) is 8.22. The van der Waals surface area contributed by atoms with Gasteiger partial charge in [0.1, 0.15) is 5.75 Å². The largest absolute Gasteiger partial charge is 0.508 e. The molecule has 4 nitrogen and oxygen atoms in total. The van der Waals surface area contributed by atoms with Crippen molar-refractivity contribution in [2.24, 2.45) is 17.3 Å². The van der Waals surface area contributed by atoms with E-state index in [1.54, 1.807) is 0 Å². The van der Waals surface area contributed by atoms with Crippen LogP contribution in [0.3, 0.4) is 0 Å². The maximum atomic E-state index is 12.2. The van der Waals surface area contributed by atoms with E-state index in [2.05, 4.69) is 19.9 Å². The topological polar surface area (TPSA) is 60.8 Å². The maximum Gasteiger partial charge on any atom is 0.281 e. The van der Waals surface area contributed by atoms with Crippen molar-refractivity contribution < 1.29 is 15.0 Å². The van der Waals surface area contributed by atoms with Gasteiger partial charge in [0, 0.05) is 19.3 Å². The van der Waals surface area contributed by atoms with Gasteiger partial charge in [-0.15, -0.1) is 0 Å². The number of thioether (sulfide) groups is 1. The van der Waals surface area contributed by atoms with Gasteiger partial charge in [0.05, 0.1) is 6.10 Å². The number of phenols is 1. The normalized spacial score (nSPS) is 32.1. The number of phenolic OH excluding ortho intramolecular Hbond substituents is 1. The molecule has 190 valence electrons. The highest BCUT2D eigenvalue weighted by molar-refractivity contribution is 8.13. The Hall–Kier alpha value is -1.20. The van der Waals surface area contributed by atoms with E-state index in [-0.39, 0.29) is 16.8 Å². The molecule has 0 bridgehead atoms. The van der Waals surface area contributed by atoms with Crippen molar-refractivity contribution >= 4 is 17.0 Å². The molecule has 4 rings (SSSR count). The summed E-state index contributed by atoms with van der Waals surface area (Å²) >= 11 is 1.47. The number of benzene rings is 1. The Kier molecular flexibility index (Phi) is 8.56. The number of aliphatic hydroxyl groups excluding tert-OH is 1. The van der Waals surface area contributed by atoms with E-state index in [4.69, 9.17) is 0 Å². The second kappa shape index (κ2) is 11.2. The van der Waals surface area contributed by atoms with Crippen LogP contribution in [0.5, 0.6) is 5.75 Å². The molecule has 0 spiro atoms. The molecule has 1 amide bonds. The summed E-state index contributed by atoms with van der Waals surface area (Å²) in [6, 6.07) is 6.11. The predicted octanol–water partition coefficient (Wildman–Crippen LogP) is 7.30. The van der Waals surface area contributed by atoms with Gasteiger partial charge in [-0.1, -0.05) is 50.9 Å². The van der Waals surface area contributed by atoms with Crippen molar-refractivity contribution in [1.82, 2.24) is 4.90 Å². The summed E-state index contributed by atoms with van der Waals surface area (Å²) < 4.78 is 0. The number of nitrogens with zero attached hydrogens (tertiary/aromatic N) is 1. The zero-order chi connectivity index (χ0) is 24.3. The molecule has 5 heteroatoms. The average molecular weight is 488 g/mol. The fraction of sp³-hybridized carbons (Fsp3) is 0.759. The number of unbranched alkanes of at least 4 members (excludes halogenated alkanes) is 3. The Balaban J connectivity index is 1.33. The lowest BCUT2D eigenvalue weighted by molar-refractivity contribution is -0.0252. The molecular weight excluding hydrogens is 442 g/mol. The Morgan fingerprint density at radius 2 is 1.97 bits per heavy atom.